The minimum atomic E-state index is -3.60. The molecule has 1 amide bonds. The number of aliphatic hydroxyl groups excluding tert-OH is 1. The number of aliphatic hydroxyl groups is 1. The molecule has 1 fully saturated rings. The maximum Gasteiger partial charge on any atom is 0.273 e. The molecule has 2 aromatic rings. The summed E-state index contributed by atoms with van der Waals surface area (Å²) in [4.78, 5) is 16.9. The summed E-state index contributed by atoms with van der Waals surface area (Å²) in [5.41, 5.74) is 2.07. The van der Waals surface area contributed by atoms with E-state index in [0.29, 0.717) is 37.2 Å². The highest BCUT2D eigenvalue weighted by atomic mass is 35.5. The Morgan fingerprint density at radius 1 is 1.34 bits per heavy atom. The Morgan fingerprint density at radius 2 is 2.09 bits per heavy atom. The second-order valence-electron chi connectivity index (χ2n) is 7.80. The molecule has 3 N–H and O–H groups in total. The largest absolute Gasteiger partial charge is 0.393 e. The Balaban J connectivity index is 1.54. The van der Waals surface area contributed by atoms with Crippen LogP contribution in [0, 0.1) is 11.3 Å². The Labute approximate surface area is 190 Å². The molecular formula is C20H23ClN6O4S. The molecule has 0 saturated carbocycles. The maximum absolute atomic E-state index is 13.0. The van der Waals surface area contributed by atoms with Crippen molar-refractivity contribution in [2.45, 2.75) is 38.3 Å². The van der Waals surface area contributed by atoms with Crippen LogP contribution in [0.4, 0.5) is 11.4 Å². The molecular weight excluding hydrogens is 456 g/mol. The number of halogens is 1. The van der Waals surface area contributed by atoms with E-state index < -0.39 is 22.0 Å². The van der Waals surface area contributed by atoms with Crippen LogP contribution in [0.15, 0.2) is 18.3 Å². The predicted octanol–water partition coefficient (Wildman–Crippen LogP) is 1.76. The van der Waals surface area contributed by atoms with E-state index in [4.69, 9.17) is 16.9 Å². The van der Waals surface area contributed by atoms with Crippen LogP contribution < -0.4 is 10.6 Å². The van der Waals surface area contributed by atoms with Crippen molar-refractivity contribution in [1.82, 2.24) is 13.9 Å². The first kappa shape index (κ1) is 22.5. The Hall–Kier alpha value is -2.65. The molecule has 0 spiro atoms. The first-order chi connectivity index (χ1) is 15.3. The molecule has 4 rings (SSSR count). The van der Waals surface area contributed by atoms with Crippen LogP contribution >= 0.6 is 11.6 Å². The van der Waals surface area contributed by atoms with Gasteiger partial charge in [0.25, 0.3) is 5.91 Å². The lowest BCUT2D eigenvalue weighted by molar-refractivity contribution is 0.101. The monoisotopic (exact) mass is 478 g/mol. The smallest absolute Gasteiger partial charge is 0.273 e. The molecule has 2 aliphatic heterocycles. The fourth-order valence-corrected chi connectivity index (χ4v) is 5.72. The van der Waals surface area contributed by atoms with E-state index in [-0.39, 0.29) is 35.4 Å². The molecule has 1 saturated heterocycles. The van der Waals surface area contributed by atoms with E-state index in [2.05, 4.69) is 15.6 Å². The second-order valence-corrected chi connectivity index (χ2v) is 10.1. The first-order valence-electron chi connectivity index (χ1n) is 10.3. The van der Waals surface area contributed by atoms with Gasteiger partial charge >= 0.3 is 0 Å². The van der Waals surface area contributed by atoms with Crippen LogP contribution in [0.1, 0.15) is 41.1 Å². The van der Waals surface area contributed by atoms with E-state index in [1.54, 1.807) is 10.6 Å². The summed E-state index contributed by atoms with van der Waals surface area (Å²) in [6, 6.07) is 4.95. The van der Waals surface area contributed by atoms with E-state index in [9.17, 15) is 18.3 Å². The van der Waals surface area contributed by atoms with Gasteiger partial charge in [0.1, 0.15) is 23.3 Å². The Kier molecular flexibility index (Phi) is 6.39. The number of amides is 1. The molecule has 0 aromatic carbocycles. The molecule has 2 aliphatic rings. The topological polar surface area (TPSA) is 140 Å². The number of hydrogen-bond acceptors (Lipinski definition) is 7. The standard InChI is InChI=1S/C20H23ClN6O4S/c21-17-18(24-12-32(30,31)26-8-4-15(28)5-9-26)16-2-1-7-27(16)19(17)20(29)25-13-3-6-23-14(10-13)11-22/h3,6,10,15,24,28H,1-2,4-5,7-9,12H2,(H,23,25,29). The second kappa shape index (κ2) is 9.07. The average molecular weight is 479 g/mol. The first-order valence-corrected chi connectivity index (χ1v) is 12.3. The number of pyridine rings is 1. The third-order valence-corrected chi connectivity index (χ3v) is 7.73. The average Bonchev–Trinajstić information content (AvgIpc) is 3.32. The summed E-state index contributed by atoms with van der Waals surface area (Å²) < 4.78 is 28.6. The zero-order chi connectivity index (χ0) is 22.9. The fourth-order valence-electron chi connectivity index (χ4n) is 4.08. The van der Waals surface area contributed by atoms with Crippen LogP contribution in [-0.4, -0.2) is 58.4 Å². The molecule has 170 valence electrons. The summed E-state index contributed by atoms with van der Waals surface area (Å²) >= 11 is 6.55. The van der Waals surface area contributed by atoms with Crippen LogP contribution in [0.2, 0.25) is 5.02 Å². The third-order valence-electron chi connectivity index (χ3n) is 5.70. The number of nitrogens with zero attached hydrogens (tertiary/aromatic N) is 4. The van der Waals surface area contributed by atoms with E-state index in [1.165, 1.54) is 16.6 Å². The molecule has 0 bridgehead atoms. The van der Waals surface area contributed by atoms with Gasteiger partial charge in [-0.25, -0.2) is 17.7 Å². The highest BCUT2D eigenvalue weighted by Crippen LogP contribution is 2.38. The SMILES string of the molecule is N#Cc1cc(NC(=O)c2c(Cl)c(NCS(=O)(=O)N3CCC(O)CC3)c3n2CCC3)ccn1. The maximum atomic E-state index is 13.0. The minimum Gasteiger partial charge on any atom is -0.393 e. The van der Waals surface area contributed by atoms with Gasteiger partial charge < -0.3 is 20.3 Å². The van der Waals surface area contributed by atoms with Gasteiger partial charge in [0.15, 0.2) is 0 Å². The number of nitriles is 1. The number of hydrogen-bond donors (Lipinski definition) is 3. The number of piperidine rings is 1. The van der Waals surface area contributed by atoms with Crippen LogP contribution in [0.5, 0.6) is 0 Å². The summed E-state index contributed by atoms with van der Waals surface area (Å²) in [5, 5.41) is 24.4. The predicted molar refractivity (Wildman–Crippen MR) is 119 cm³/mol. The van der Waals surface area contributed by atoms with Crippen molar-refractivity contribution < 1.29 is 18.3 Å². The quantitative estimate of drug-likeness (QED) is 0.574. The van der Waals surface area contributed by atoms with Crippen molar-refractivity contribution in [2.75, 3.05) is 29.6 Å². The number of anilines is 2. The van der Waals surface area contributed by atoms with E-state index in [0.717, 1.165) is 12.1 Å². The highest BCUT2D eigenvalue weighted by molar-refractivity contribution is 7.89. The third kappa shape index (κ3) is 4.45. The summed E-state index contributed by atoms with van der Waals surface area (Å²) in [6.07, 6.45) is 3.26. The van der Waals surface area contributed by atoms with Gasteiger partial charge in [0, 0.05) is 37.2 Å². The summed E-state index contributed by atoms with van der Waals surface area (Å²) in [7, 11) is -3.60. The van der Waals surface area contributed by atoms with Gasteiger partial charge in [-0.2, -0.15) is 5.26 Å². The number of carbonyl (C=O) groups is 1. The van der Waals surface area contributed by atoms with Crippen molar-refractivity contribution in [3.8, 4) is 6.07 Å². The molecule has 4 heterocycles. The molecule has 0 aliphatic carbocycles. The summed E-state index contributed by atoms with van der Waals surface area (Å²) in [5.74, 6) is -0.800. The minimum absolute atomic E-state index is 0.163. The number of nitrogens with one attached hydrogen (secondary N) is 2. The van der Waals surface area contributed by atoms with Gasteiger partial charge in [-0.3, -0.25) is 4.79 Å². The van der Waals surface area contributed by atoms with Crippen LogP contribution in [-0.2, 0) is 23.0 Å². The Bertz CT molecular complexity index is 1180. The van der Waals surface area contributed by atoms with E-state index >= 15 is 0 Å². The number of fused-ring (bicyclic) bond motifs is 1. The molecule has 2 aromatic heterocycles. The molecule has 0 atom stereocenters. The molecule has 12 heteroatoms. The zero-order valence-corrected chi connectivity index (χ0v) is 18.8. The lowest BCUT2D eigenvalue weighted by atomic mass is 10.1. The summed E-state index contributed by atoms with van der Waals surface area (Å²) in [6.45, 7) is 1.14. The lowest BCUT2D eigenvalue weighted by Crippen LogP contribution is -2.42. The lowest BCUT2D eigenvalue weighted by Gasteiger charge is -2.28. The normalized spacial score (nSPS) is 17.0. The number of carbonyl (C=O) groups excluding carboxylic acids is 1. The van der Waals surface area contributed by atoms with E-state index in [1.807, 2.05) is 6.07 Å². The van der Waals surface area contributed by atoms with Crippen molar-refractivity contribution in [3.05, 3.63) is 40.4 Å². The number of rotatable bonds is 6. The number of aromatic nitrogens is 2. The number of sulfonamides is 1. The van der Waals surface area contributed by atoms with Gasteiger partial charge in [-0.15, -0.1) is 0 Å². The molecule has 10 nitrogen and oxygen atoms in total. The zero-order valence-electron chi connectivity index (χ0n) is 17.2. The van der Waals surface area contributed by atoms with Gasteiger partial charge in [0.05, 0.1) is 16.8 Å². The van der Waals surface area contributed by atoms with Crippen molar-refractivity contribution in [3.63, 3.8) is 0 Å². The van der Waals surface area contributed by atoms with Gasteiger partial charge in [-0.1, -0.05) is 11.6 Å². The van der Waals surface area contributed by atoms with Crippen molar-refractivity contribution >= 4 is 38.9 Å². The Morgan fingerprint density at radius 3 is 2.81 bits per heavy atom. The fraction of sp³-hybridized carbons (Fsp3) is 0.450. The van der Waals surface area contributed by atoms with Crippen molar-refractivity contribution in [2.24, 2.45) is 0 Å². The molecule has 0 unspecified atom stereocenters. The van der Waals surface area contributed by atoms with Crippen molar-refractivity contribution in [1.29, 1.82) is 5.26 Å². The van der Waals surface area contributed by atoms with Crippen LogP contribution in [0.3, 0.4) is 0 Å². The molecule has 32 heavy (non-hydrogen) atoms. The van der Waals surface area contributed by atoms with Gasteiger partial charge in [0.2, 0.25) is 10.0 Å². The van der Waals surface area contributed by atoms with Crippen LogP contribution in [0.25, 0.3) is 0 Å². The molecule has 0 radical (unpaired) electrons. The van der Waals surface area contributed by atoms with Gasteiger partial charge in [-0.05, 0) is 37.8 Å². The highest BCUT2D eigenvalue weighted by Gasteiger charge is 2.31.